The van der Waals surface area contributed by atoms with Gasteiger partial charge in [-0.1, -0.05) is 36.0 Å². The van der Waals surface area contributed by atoms with Gasteiger partial charge in [-0.05, 0) is 49.2 Å². The molecule has 3 aromatic rings. The summed E-state index contributed by atoms with van der Waals surface area (Å²) in [5.74, 6) is 0.140. The van der Waals surface area contributed by atoms with Gasteiger partial charge >= 0.3 is 0 Å². The Balaban J connectivity index is 1.73. The van der Waals surface area contributed by atoms with Gasteiger partial charge in [0.15, 0.2) is 22.5 Å². The zero-order valence-corrected chi connectivity index (χ0v) is 20.0. The first kappa shape index (κ1) is 25.0. The highest BCUT2D eigenvalue weighted by Gasteiger charge is 2.19. The van der Waals surface area contributed by atoms with Crippen LogP contribution in [0.2, 0.25) is 0 Å². The Morgan fingerprint density at radius 3 is 2.68 bits per heavy atom. The van der Waals surface area contributed by atoms with Crippen molar-refractivity contribution in [3.05, 3.63) is 77.9 Å². The zero-order chi connectivity index (χ0) is 24.5. The van der Waals surface area contributed by atoms with Crippen molar-refractivity contribution in [3.8, 4) is 11.8 Å². The molecule has 0 saturated heterocycles. The lowest BCUT2D eigenvalue weighted by Gasteiger charge is -2.22. The van der Waals surface area contributed by atoms with E-state index in [4.69, 9.17) is 10.00 Å². The average Bonchev–Trinajstić information content (AvgIpc) is 3.18. The Labute approximate surface area is 202 Å². The Kier molecular flexibility index (Phi) is 8.82. The van der Waals surface area contributed by atoms with Crippen LogP contribution in [-0.2, 0) is 17.9 Å². The lowest BCUT2D eigenvalue weighted by molar-refractivity contribution is -0.116. The minimum atomic E-state index is -0.457. The summed E-state index contributed by atoms with van der Waals surface area (Å²) in [6.45, 7) is 8.46. The SMILES string of the molecule is C=CCn1c(COc2ccccc2F)nnc1SCC(=O)N(CCC#N)c1cc(C)cc(C)c1. The molecule has 0 atom stereocenters. The van der Waals surface area contributed by atoms with Crippen LogP contribution >= 0.6 is 11.8 Å². The molecule has 0 aliphatic heterocycles. The molecule has 0 radical (unpaired) electrons. The molecule has 0 aliphatic carbocycles. The molecule has 34 heavy (non-hydrogen) atoms. The fourth-order valence-electron chi connectivity index (χ4n) is 3.42. The van der Waals surface area contributed by atoms with Crippen molar-refractivity contribution in [2.45, 2.75) is 38.6 Å². The molecule has 0 saturated carbocycles. The van der Waals surface area contributed by atoms with E-state index in [0.29, 0.717) is 24.1 Å². The maximum atomic E-state index is 13.9. The molecule has 0 N–H and O–H groups in total. The molecule has 0 fully saturated rings. The minimum absolute atomic E-state index is 0.0210. The molecular formula is C25H26FN5O2S. The van der Waals surface area contributed by atoms with E-state index in [1.165, 1.54) is 17.8 Å². The van der Waals surface area contributed by atoms with Crippen molar-refractivity contribution in [1.29, 1.82) is 5.26 Å². The van der Waals surface area contributed by atoms with E-state index in [1.807, 2.05) is 32.0 Å². The Bertz CT molecular complexity index is 1180. The van der Waals surface area contributed by atoms with E-state index >= 15 is 0 Å². The number of benzene rings is 2. The number of hydrogen-bond donors (Lipinski definition) is 0. The van der Waals surface area contributed by atoms with Crippen LogP contribution in [-0.4, -0.2) is 33.0 Å². The Hall–Kier alpha value is -3.64. The van der Waals surface area contributed by atoms with Crippen LogP contribution in [0.4, 0.5) is 10.1 Å². The first-order valence-corrected chi connectivity index (χ1v) is 11.7. The number of para-hydroxylation sites is 1. The molecule has 1 aromatic heterocycles. The molecule has 0 unspecified atom stereocenters. The van der Waals surface area contributed by atoms with E-state index in [2.05, 4.69) is 22.8 Å². The quantitative estimate of drug-likeness (QED) is 0.289. The number of carbonyl (C=O) groups is 1. The smallest absolute Gasteiger partial charge is 0.237 e. The third-order valence-electron chi connectivity index (χ3n) is 4.89. The van der Waals surface area contributed by atoms with E-state index in [9.17, 15) is 9.18 Å². The Morgan fingerprint density at radius 1 is 1.26 bits per heavy atom. The first-order valence-electron chi connectivity index (χ1n) is 10.7. The van der Waals surface area contributed by atoms with Gasteiger partial charge in [-0.15, -0.1) is 16.8 Å². The summed E-state index contributed by atoms with van der Waals surface area (Å²) in [6, 6.07) is 14.2. The summed E-state index contributed by atoms with van der Waals surface area (Å²) >= 11 is 1.24. The number of carbonyl (C=O) groups excluding carboxylic acids is 1. The zero-order valence-electron chi connectivity index (χ0n) is 19.2. The maximum Gasteiger partial charge on any atom is 0.237 e. The summed E-state index contributed by atoms with van der Waals surface area (Å²) in [4.78, 5) is 14.8. The highest BCUT2D eigenvalue weighted by molar-refractivity contribution is 7.99. The third-order valence-corrected chi connectivity index (χ3v) is 5.84. The number of aromatic nitrogens is 3. The van der Waals surface area contributed by atoms with Crippen molar-refractivity contribution in [2.24, 2.45) is 0 Å². The van der Waals surface area contributed by atoms with Gasteiger partial charge in [0.1, 0.15) is 6.61 Å². The van der Waals surface area contributed by atoms with Gasteiger partial charge in [0.05, 0.1) is 18.2 Å². The molecule has 9 heteroatoms. The summed E-state index contributed by atoms with van der Waals surface area (Å²) in [7, 11) is 0. The van der Waals surface area contributed by atoms with Crippen molar-refractivity contribution in [1.82, 2.24) is 14.8 Å². The van der Waals surface area contributed by atoms with Crippen molar-refractivity contribution in [2.75, 3.05) is 17.2 Å². The molecule has 0 bridgehead atoms. The number of nitriles is 1. The number of amides is 1. The summed E-state index contributed by atoms with van der Waals surface area (Å²) < 4.78 is 21.2. The molecule has 7 nitrogen and oxygen atoms in total. The standard InChI is InChI=1S/C25H26FN5O2S/c1-4-11-31-23(16-33-22-9-6-5-8-21(22)26)28-29-25(31)34-17-24(32)30(12-7-10-27)20-14-18(2)13-19(3)15-20/h4-6,8-9,13-15H,1,7,11-12,16-17H2,2-3H3. The second-order valence-electron chi connectivity index (χ2n) is 7.61. The van der Waals surface area contributed by atoms with Crippen LogP contribution in [0.5, 0.6) is 5.75 Å². The number of halogens is 1. The lowest BCUT2D eigenvalue weighted by atomic mass is 10.1. The van der Waals surface area contributed by atoms with Gasteiger partial charge in [0.25, 0.3) is 0 Å². The molecule has 2 aromatic carbocycles. The number of anilines is 1. The van der Waals surface area contributed by atoms with Gasteiger partial charge in [-0.2, -0.15) is 5.26 Å². The van der Waals surface area contributed by atoms with E-state index in [1.54, 1.807) is 33.7 Å². The predicted octanol–water partition coefficient (Wildman–Crippen LogP) is 4.84. The minimum Gasteiger partial charge on any atom is -0.483 e. The molecule has 0 aliphatic rings. The van der Waals surface area contributed by atoms with Crippen LogP contribution in [0.3, 0.4) is 0 Å². The average molecular weight is 480 g/mol. The second-order valence-corrected chi connectivity index (χ2v) is 8.55. The van der Waals surface area contributed by atoms with Gasteiger partial charge < -0.3 is 9.64 Å². The van der Waals surface area contributed by atoms with Gasteiger partial charge in [0.2, 0.25) is 5.91 Å². The van der Waals surface area contributed by atoms with Crippen LogP contribution in [0.1, 0.15) is 23.4 Å². The number of thioether (sulfide) groups is 1. The van der Waals surface area contributed by atoms with Gasteiger partial charge in [0, 0.05) is 18.8 Å². The van der Waals surface area contributed by atoms with Crippen LogP contribution in [0, 0.1) is 31.0 Å². The number of ether oxygens (including phenoxy) is 1. The topological polar surface area (TPSA) is 84.0 Å². The molecular weight excluding hydrogens is 453 g/mol. The highest BCUT2D eigenvalue weighted by Crippen LogP contribution is 2.24. The highest BCUT2D eigenvalue weighted by atomic mass is 32.2. The number of hydrogen-bond acceptors (Lipinski definition) is 6. The van der Waals surface area contributed by atoms with E-state index in [0.717, 1.165) is 16.8 Å². The first-order chi connectivity index (χ1) is 16.4. The fraction of sp³-hybridized carbons (Fsp3) is 0.280. The monoisotopic (exact) mass is 479 g/mol. The fourth-order valence-corrected chi connectivity index (χ4v) is 4.26. The number of aryl methyl sites for hydroxylation is 2. The molecule has 176 valence electrons. The summed E-state index contributed by atoms with van der Waals surface area (Å²) in [6.07, 6.45) is 1.92. The molecule has 1 heterocycles. The number of rotatable bonds is 11. The summed E-state index contributed by atoms with van der Waals surface area (Å²) in [5, 5.41) is 17.9. The lowest BCUT2D eigenvalue weighted by Crippen LogP contribution is -2.33. The largest absolute Gasteiger partial charge is 0.483 e. The van der Waals surface area contributed by atoms with E-state index in [-0.39, 0.29) is 30.4 Å². The molecule has 1 amide bonds. The number of allylic oxidation sites excluding steroid dienone is 1. The normalized spacial score (nSPS) is 10.5. The summed E-state index contributed by atoms with van der Waals surface area (Å²) in [5.41, 5.74) is 2.86. The third kappa shape index (κ3) is 6.45. The van der Waals surface area contributed by atoms with Crippen molar-refractivity contribution in [3.63, 3.8) is 0 Å². The molecule has 0 spiro atoms. The van der Waals surface area contributed by atoms with Gasteiger partial charge in [-0.3, -0.25) is 9.36 Å². The van der Waals surface area contributed by atoms with Crippen molar-refractivity contribution < 1.29 is 13.9 Å². The van der Waals surface area contributed by atoms with Crippen molar-refractivity contribution >= 4 is 23.4 Å². The van der Waals surface area contributed by atoms with Gasteiger partial charge in [-0.25, -0.2) is 4.39 Å². The van der Waals surface area contributed by atoms with E-state index < -0.39 is 5.82 Å². The van der Waals surface area contributed by atoms with Crippen LogP contribution in [0.15, 0.2) is 60.3 Å². The van der Waals surface area contributed by atoms with Crippen LogP contribution < -0.4 is 9.64 Å². The van der Waals surface area contributed by atoms with Crippen LogP contribution in [0.25, 0.3) is 0 Å². The number of nitrogens with zero attached hydrogens (tertiary/aromatic N) is 5. The maximum absolute atomic E-state index is 13.9. The second kappa shape index (κ2) is 12.0. The predicted molar refractivity (Wildman–Crippen MR) is 130 cm³/mol. The molecule has 3 rings (SSSR count). The Morgan fingerprint density at radius 2 is 2.00 bits per heavy atom.